The zero-order valence-corrected chi connectivity index (χ0v) is 12.5. The molecule has 21 heavy (non-hydrogen) atoms. The first-order chi connectivity index (χ1) is 9.52. The van der Waals surface area contributed by atoms with Gasteiger partial charge in [-0.25, -0.2) is 9.59 Å². The van der Waals surface area contributed by atoms with E-state index < -0.39 is 5.69 Å². The Hall–Kier alpha value is -2.16. The molecule has 9 nitrogen and oxygen atoms in total. The van der Waals surface area contributed by atoms with Crippen molar-refractivity contribution in [2.75, 3.05) is 49.2 Å². The van der Waals surface area contributed by atoms with E-state index in [4.69, 9.17) is 16.2 Å². The van der Waals surface area contributed by atoms with Gasteiger partial charge in [0, 0.05) is 26.2 Å². The van der Waals surface area contributed by atoms with Gasteiger partial charge in [0.15, 0.2) is 5.82 Å². The lowest BCUT2D eigenvalue weighted by molar-refractivity contribution is 0.105. The fourth-order valence-electron chi connectivity index (χ4n) is 2.04. The van der Waals surface area contributed by atoms with Crippen LogP contribution in [0.2, 0.25) is 0 Å². The lowest BCUT2D eigenvalue weighted by Gasteiger charge is -2.35. The van der Waals surface area contributed by atoms with Crippen molar-refractivity contribution >= 4 is 35.8 Å². The Balaban J connectivity index is 0.00000220. The Morgan fingerprint density at radius 2 is 1.95 bits per heavy atom. The standard InChI is InChI=1S/C11H18N6O3.ClH/c1-2-20-11(19)17-5-3-16(4-6-17)9-7(12)8(13)14-10(18)15-9;/h2-6,12H2,1H3,(H3,13,14,15,18);1H. The van der Waals surface area contributed by atoms with Crippen molar-refractivity contribution in [3.63, 3.8) is 0 Å². The third-order valence-electron chi connectivity index (χ3n) is 3.09. The number of aromatic amines is 1. The Labute approximate surface area is 127 Å². The minimum atomic E-state index is -0.542. The Bertz CT molecular complexity index is 555. The van der Waals surface area contributed by atoms with Crippen LogP contribution in [0.4, 0.5) is 22.1 Å². The minimum absolute atomic E-state index is 0. The predicted molar refractivity (Wildman–Crippen MR) is 81.7 cm³/mol. The molecule has 0 radical (unpaired) electrons. The molecule has 2 rings (SSSR count). The summed E-state index contributed by atoms with van der Waals surface area (Å²) in [6, 6.07) is 0. The zero-order valence-electron chi connectivity index (χ0n) is 11.7. The summed E-state index contributed by atoms with van der Waals surface area (Å²) in [4.78, 5) is 32.5. The first-order valence-electron chi connectivity index (χ1n) is 6.34. The maximum Gasteiger partial charge on any atom is 0.409 e. The molecule has 0 unspecified atom stereocenters. The van der Waals surface area contributed by atoms with Crippen molar-refractivity contribution < 1.29 is 9.53 Å². The Morgan fingerprint density at radius 1 is 1.33 bits per heavy atom. The number of H-pyrrole nitrogens is 1. The highest BCUT2D eigenvalue weighted by Crippen LogP contribution is 2.23. The third-order valence-corrected chi connectivity index (χ3v) is 3.09. The monoisotopic (exact) mass is 318 g/mol. The number of nitrogens with one attached hydrogen (secondary N) is 1. The number of amides is 1. The van der Waals surface area contributed by atoms with Crippen LogP contribution in [-0.2, 0) is 4.74 Å². The zero-order chi connectivity index (χ0) is 14.7. The molecule has 0 aromatic carbocycles. The molecule has 1 aliphatic rings. The maximum atomic E-state index is 11.6. The molecular weight excluding hydrogens is 300 g/mol. The summed E-state index contributed by atoms with van der Waals surface area (Å²) in [5, 5.41) is 0. The number of halogens is 1. The summed E-state index contributed by atoms with van der Waals surface area (Å²) < 4.78 is 4.94. The number of hydrogen-bond acceptors (Lipinski definition) is 7. The summed E-state index contributed by atoms with van der Waals surface area (Å²) in [7, 11) is 0. The lowest BCUT2D eigenvalue weighted by atomic mass is 10.3. The average Bonchev–Trinajstić information content (AvgIpc) is 2.43. The van der Waals surface area contributed by atoms with Crippen molar-refractivity contribution in [2.24, 2.45) is 0 Å². The number of hydrogen-bond donors (Lipinski definition) is 3. The quantitative estimate of drug-likeness (QED) is 0.678. The summed E-state index contributed by atoms with van der Waals surface area (Å²) in [5.74, 6) is 0.461. The minimum Gasteiger partial charge on any atom is -0.450 e. The average molecular weight is 319 g/mol. The number of carbonyl (C=O) groups excluding carboxylic acids is 1. The van der Waals surface area contributed by atoms with Gasteiger partial charge in [-0.2, -0.15) is 4.98 Å². The van der Waals surface area contributed by atoms with Gasteiger partial charge < -0.3 is 26.0 Å². The topological polar surface area (TPSA) is 131 Å². The normalized spacial score (nSPS) is 14.5. The van der Waals surface area contributed by atoms with E-state index in [0.29, 0.717) is 38.6 Å². The van der Waals surface area contributed by atoms with Crippen molar-refractivity contribution in [3.8, 4) is 0 Å². The molecule has 5 N–H and O–H groups in total. The first kappa shape index (κ1) is 16.9. The van der Waals surface area contributed by atoms with Crippen LogP contribution < -0.4 is 22.1 Å². The molecule has 0 atom stereocenters. The summed E-state index contributed by atoms with van der Waals surface area (Å²) in [6.45, 7) is 4.09. The van der Waals surface area contributed by atoms with E-state index >= 15 is 0 Å². The maximum absolute atomic E-state index is 11.6. The van der Waals surface area contributed by atoms with Crippen LogP contribution in [0.15, 0.2) is 4.79 Å². The number of carbonyl (C=O) groups is 1. The van der Waals surface area contributed by atoms with E-state index in [1.54, 1.807) is 11.8 Å². The van der Waals surface area contributed by atoms with Gasteiger partial charge in [-0.1, -0.05) is 0 Å². The predicted octanol–water partition coefficient (Wildman–Crippen LogP) is -0.365. The first-order valence-corrected chi connectivity index (χ1v) is 6.34. The van der Waals surface area contributed by atoms with Gasteiger partial charge in [0.25, 0.3) is 0 Å². The molecule has 0 saturated carbocycles. The van der Waals surface area contributed by atoms with Gasteiger partial charge >= 0.3 is 11.8 Å². The van der Waals surface area contributed by atoms with Gasteiger partial charge in [-0.3, -0.25) is 4.98 Å². The molecule has 1 amide bonds. The van der Waals surface area contributed by atoms with Crippen molar-refractivity contribution in [1.82, 2.24) is 14.9 Å². The van der Waals surface area contributed by atoms with Crippen LogP contribution in [0.5, 0.6) is 0 Å². The molecule has 0 aliphatic carbocycles. The number of nitrogens with two attached hydrogens (primary N) is 2. The number of aromatic nitrogens is 2. The van der Waals surface area contributed by atoms with E-state index in [1.165, 1.54) is 0 Å². The molecule has 1 aromatic heterocycles. The highest BCUT2D eigenvalue weighted by molar-refractivity contribution is 5.85. The van der Waals surface area contributed by atoms with Gasteiger partial charge in [0.1, 0.15) is 11.5 Å². The molecule has 2 heterocycles. The number of ether oxygens (including phenoxy) is 1. The number of anilines is 3. The molecule has 1 saturated heterocycles. The molecule has 0 spiro atoms. The van der Waals surface area contributed by atoms with Gasteiger partial charge in [0.05, 0.1) is 6.61 Å². The van der Waals surface area contributed by atoms with Gasteiger partial charge in [0.2, 0.25) is 0 Å². The Kier molecular flexibility index (Phi) is 5.65. The van der Waals surface area contributed by atoms with Crippen LogP contribution in [0.25, 0.3) is 0 Å². The summed E-state index contributed by atoms with van der Waals surface area (Å²) in [5.41, 5.74) is 11.1. The van der Waals surface area contributed by atoms with Crippen LogP contribution >= 0.6 is 12.4 Å². The number of nitrogens with zero attached hydrogens (tertiary/aromatic N) is 3. The van der Waals surface area contributed by atoms with E-state index in [9.17, 15) is 9.59 Å². The van der Waals surface area contributed by atoms with Crippen molar-refractivity contribution in [3.05, 3.63) is 10.5 Å². The number of rotatable bonds is 2. The van der Waals surface area contributed by atoms with Gasteiger partial charge in [-0.15, -0.1) is 12.4 Å². The van der Waals surface area contributed by atoms with E-state index in [-0.39, 0.29) is 30.0 Å². The number of piperazine rings is 1. The van der Waals surface area contributed by atoms with Crippen LogP contribution in [-0.4, -0.2) is 53.7 Å². The Morgan fingerprint density at radius 3 is 2.52 bits per heavy atom. The number of nitrogen functional groups attached to an aromatic ring is 2. The molecule has 0 bridgehead atoms. The smallest absolute Gasteiger partial charge is 0.409 e. The molecule has 1 aliphatic heterocycles. The second kappa shape index (κ2) is 7.02. The second-order valence-electron chi connectivity index (χ2n) is 4.37. The lowest BCUT2D eigenvalue weighted by Crippen LogP contribution is -2.49. The molecule has 10 heteroatoms. The summed E-state index contributed by atoms with van der Waals surface area (Å²) in [6.07, 6.45) is -0.335. The highest BCUT2D eigenvalue weighted by Gasteiger charge is 2.24. The van der Waals surface area contributed by atoms with Crippen LogP contribution in [0.3, 0.4) is 0 Å². The molecule has 1 aromatic rings. The van der Waals surface area contributed by atoms with E-state index in [2.05, 4.69) is 9.97 Å². The molecular formula is C11H19ClN6O3. The van der Waals surface area contributed by atoms with E-state index in [1.807, 2.05) is 4.90 Å². The summed E-state index contributed by atoms with van der Waals surface area (Å²) >= 11 is 0. The fourth-order valence-corrected chi connectivity index (χ4v) is 2.04. The van der Waals surface area contributed by atoms with Crippen LogP contribution in [0, 0.1) is 0 Å². The SMILES string of the molecule is CCOC(=O)N1CCN(c2nc(=O)[nH]c(N)c2N)CC1.Cl. The van der Waals surface area contributed by atoms with Gasteiger partial charge in [-0.05, 0) is 6.92 Å². The molecule has 1 fully saturated rings. The second-order valence-corrected chi connectivity index (χ2v) is 4.37. The molecule has 118 valence electrons. The van der Waals surface area contributed by atoms with Crippen molar-refractivity contribution in [2.45, 2.75) is 6.92 Å². The largest absolute Gasteiger partial charge is 0.450 e. The fraction of sp³-hybridized carbons (Fsp3) is 0.545. The highest BCUT2D eigenvalue weighted by atomic mass is 35.5. The van der Waals surface area contributed by atoms with Crippen LogP contribution in [0.1, 0.15) is 6.92 Å². The van der Waals surface area contributed by atoms with Crippen molar-refractivity contribution in [1.29, 1.82) is 0 Å². The third kappa shape index (κ3) is 3.69. The van der Waals surface area contributed by atoms with E-state index in [0.717, 1.165) is 0 Å².